The van der Waals surface area contributed by atoms with Gasteiger partial charge in [0.25, 0.3) is 0 Å². The molecule has 27 heavy (non-hydrogen) atoms. The minimum atomic E-state index is -1.33. The number of ether oxygens (including phenoxy) is 1. The first-order valence-corrected chi connectivity index (χ1v) is 9.03. The highest BCUT2D eigenvalue weighted by Crippen LogP contribution is 2.44. The van der Waals surface area contributed by atoms with Crippen molar-refractivity contribution in [2.75, 3.05) is 13.2 Å². The van der Waals surface area contributed by atoms with E-state index in [2.05, 4.69) is 0 Å². The number of carbonyl (C=O) groups excluding carboxylic acids is 1. The van der Waals surface area contributed by atoms with Gasteiger partial charge in [-0.25, -0.2) is 9.18 Å². The second kappa shape index (κ2) is 7.02. The maximum Gasteiger partial charge on any atom is 0.410 e. The molecule has 0 radical (unpaired) electrons. The quantitative estimate of drug-likeness (QED) is 0.890. The van der Waals surface area contributed by atoms with Crippen LogP contribution in [-0.2, 0) is 9.53 Å². The molecule has 0 bridgehead atoms. The fourth-order valence-corrected chi connectivity index (χ4v) is 4.14. The van der Waals surface area contributed by atoms with Gasteiger partial charge in [-0.1, -0.05) is 48.5 Å². The molecule has 1 fully saturated rings. The van der Waals surface area contributed by atoms with Crippen LogP contribution in [-0.4, -0.2) is 47.4 Å². The zero-order valence-corrected chi connectivity index (χ0v) is 14.7. The predicted molar refractivity (Wildman–Crippen MR) is 97.3 cm³/mol. The van der Waals surface area contributed by atoms with Gasteiger partial charge in [-0.15, -0.1) is 0 Å². The van der Waals surface area contributed by atoms with Gasteiger partial charge in [-0.05, 0) is 28.7 Å². The summed E-state index contributed by atoms with van der Waals surface area (Å²) in [5.41, 5.74) is 4.45. The number of halogens is 1. The Bertz CT molecular complexity index is 838. The lowest BCUT2D eigenvalue weighted by Crippen LogP contribution is -2.40. The summed E-state index contributed by atoms with van der Waals surface area (Å²) in [4.78, 5) is 24.7. The lowest BCUT2D eigenvalue weighted by Gasteiger charge is -2.24. The Kier molecular flexibility index (Phi) is 4.56. The molecular formula is C21H20FNO4. The molecule has 2 aromatic carbocycles. The third kappa shape index (κ3) is 3.16. The van der Waals surface area contributed by atoms with Crippen molar-refractivity contribution in [3.05, 3.63) is 59.7 Å². The summed E-state index contributed by atoms with van der Waals surface area (Å²) in [5.74, 6) is -1.20. The van der Waals surface area contributed by atoms with Gasteiger partial charge >= 0.3 is 12.1 Å². The van der Waals surface area contributed by atoms with Gasteiger partial charge in [0, 0.05) is 12.5 Å². The zero-order valence-electron chi connectivity index (χ0n) is 14.7. The van der Waals surface area contributed by atoms with Crippen molar-refractivity contribution in [1.82, 2.24) is 4.90 Å². The molecule has 1 aliphatic heterocycles. The second-order valence-corrected chi connectivity index (χ2v) is 6.97. The number of carboxylic acids is 1. The van der Waals surface area contributed by atoms with Crippen LogP contribution in [0.25, 0.3) is 11.1 Å². The summed E-state index contributed by atoms with van der Waals surface area (Å²) < 4.78 is 19.5. The molecule has 2 atom stereocenters. The number of hydrogen-bond donors (Lipinski definition) is 1. The summed E-state index contributed by atoms with van der Waals surface area (Å²) >= 11 is 0. The number of fused-ring (bicyclic) bond motifs is 3. The van der Waals surface area contributed by atoms with E-state index in [0.29, 0.717) is 0 Å². The van der Waals surface area contributed by atoms with Crippen molar-refractivity contribution < 1.29 is 23.8 Å². The number of carbonyl (C=O) groups is 2. The fraction of sp³-hybridized carbons (Fsp3) is 0.333. The minimum absolute atomic E-state index is 0.0805. The normalized spacial score (nSPS) is 21.0. The van der Waals surface area contributed by atoms with E-state index in [0.717, 1.165) is 22.3 Å². The Hall–Kier alpha value is -2.89. The van der Waals surface area contributed by atoms with Crippen LogP contribution in [0.3, 0.4) is 0 Å². The molecule has 5 nitrogen and oxygen atoms in total. The predicted octanol–water partition coefficient (Wildman–Crippen LogP) is 3.82. The van der Waals surface area contributed by atoms with Gasteiger partial charge in [0.2, 0.25) is 0 Å². The first kappa shape index (κ1) is 17.5. The fourth-order valence-electron chi connectivity index (χ4n) is 4.14. The van der Waals surface area contributed by atoms with Crippen LogP contribution >= 0.6 is 0 Å². The van der Waals surface area contributed by atoms with Crippen LogP contribution in [0, 0.1) is 0 Å². The Labute approximate surface area is 156 Å². The van der Waals surface area contributed by atoms with Crippen molar-refractivity contribution in [2.24, 2.45) is 0 Å². The van der Waals surface area contributed by atoms with Crippen LogP contribution in [0.15, 0.2) is 48.5 Å². The van der Waals surface area contributed by atoms with Crippen LogP contribution in [0.1, 0.15) is 29.9 Å². The van der Waals surface area contributed by atoms with E-state index in [1.54, 1.807) is 0 Å². The Balaban J connectivity index is 1.50. The van der Waals surface area contributed by atoms with Crippen molar-refractivity contribution in [3.63, 3.8) is 0 Å². The molecular weight excluding hydrogens is 349 g/mol. The summed E-state index contributed by atoms with van der Waals surface area (Å²) in [6.45, 7) is 0.315. The lowest BCUT2D eigenvalue weighted by molar-refractivity contribution is -0.138. The van der Waals surface area contributed by atoms with Gasteiger partial charge in [0.15, 0.2) is 0 Å². The largest absolute Gasteiger partial charge is 0.481 e. The van der Waals surface area contributed by atoms with Gasteiger partial charge in [0.1, 0.15) is 12.8 Å². The van der Waals surface area contributed by atoms with E-state index in [1.807, 2.05) is 48.5 Å². The smallest absolute Gasteiger partial charge is 0.410 e. The highest BCUT2D eigenvalue weighted by molar-refractivity contribution is 5.79. The molecule has 2 unspecified atom stereocenters. The number of aliphatic carboxylic acids is 1. The molecule has 1 aliphatic carbocycles. The third-order valence-corrected chi connectivity index (χ3v) is 5.42. The van der Waals surface area contributed by atoms with E-state index in [4.69, 9.17) is 9.84 Å². The maximum atomic E-state index is 14.0. The highest BCUT2D eigenvalue weighted by atomic mass is 19.1. The first-order chi connectivity index (χ1) is 13.1. The molecule has 0 spiro atoms. The Morgan fingerprint density at radius 3 is 2.26 bits per heavy atom. The first-order valence-electron chi connectivity index (χ1n) is 9.03. The molecule has 0 aromatic heterocycles. The topological polar surface area (TPSA) is 66.8 Å². The molecule has 2 aromatic rings. The summed E-state index contributed by atoms with van der Waals surface area (Å²) in [6.07, 6.45) is -2.25. The minimum Gasteiger partial charge on any atom is -0.481 e. The monoisotopic (exact) mass is 369 g/mol. The standard InChI is InChI=1S/C21H20FNO4/c22-18-9-10-23(19(18)11-20(24)25)21(26)27-12-17-15-7-3-1-5-13(15)14-6-2-4-8-16(14)17/h1-8,17-19H,9-12H2,(H,24,25). The van der Waals surface area contributed by atoms with Crippen LogP contribution in [0.5, 0.6) is 0 Å². The molecule has 1 amide bonds. The van der Waals surface area contributed by atoms with Crippen molar-refractivity contribution in [2.45, 2.75) is 31.0 Å². The van der Waals surface area contributed by atoms with Crippen LogP contribution in [0.4, 0.5) is 9.18 Å². The van der Waals surface area contributed by atoms with E-state index >= 15 is 0 Å². The van der Waals surface area contributed by atoms with Gasteiger partial charge < -0.3 is 14.7 Å². The van der Waals surface area contributed by atoms with E-state index < -0.39 is 30.7 Å². The number of nitrogens with zero attached hydrogens (tertiary/aromatic N) is 1. The van der Waals surface area contributed by atoms with Gasteiger partial charge in [0.05, 0.1) is 12.5 Å². The number of rotatable bonds is 4. The van der Waals surface area contributed by atoms with Crippen molar-refractivity contribution in [1.29, 1.82) is 0 Å². The Morgan fingerprint density at radius 1 is 1.07 bits per heavy atom. The third-order valence-electron chi connectivity index (χ3n) is 5.42. The average molecular weight is 369 g/mol. The van der Waals surface area contributed by atoms with E-state index in [9.17, 15) is 14.0 Å². The summed E-state index contributed by atoms with van der Waals surface area (Å²) in [5, 5.41) is 8.97. The lowest BCUT2D eigenvalue weighted by atomic mass is 9.98. The zero-order chi connectivity index (χ0) is 19.0. The van der Waals surface area contributed by atoms with E-state index in [1.165, 1.54) is 4.90 Å². The van der Waals surface area contributed by atoms with Gasteiger partial charge in [-0.2, -0.15) is 0 Å². The maximum absolute atomic E-state index is 14.0. The van der Waals surface area contributed by atoms with E-state index in [-0.39, 0.29) is 25.5 Å². The molecule has 2 aliphatic rings. The molecule has 1 N–H and O–H groups in total. The summed E-state index contributed by atoms with van der Waals surface area (Å²) in [6, 6.07) is 15.0. The molecule has 0 saturated carbocycles. The molecule has 6 heteroatoms. The van der Waals surface area contributed by atoms with Crippen LogP contribution < -0.4 is 0 Å². The highest BCUT2D eigenvalue weighted by Gasteiger charge is 2.40. The van der Waals surface area contributed by atoms with Crippen molar-refractivity contribution in [3.8, 4) is 11.1 Å². The second-order valence-electron chi connectivity index (χ2n) is 6.97. The van der Waals surface area contributed by atoms with Gasteiger partial charge in [-0.3, -0.25) is 4.79 Å². The number of hydrogen-bond acceptors (Lipinski definition) is 3. The van der Waals surface area contributed by atoms with Crippen molar-refractivity contribution >= 4 is 12.1 Å². The molecule has 1 heterocycles. The number of amides is 1. The Morgan fingerprint density at radius 2 is 1.67 bits per heavy atom. The number of benzene rings is 2. The molecule has 1 saturated heterocycles. The SMILES string of the molecule is O=C(O)CC1C(F)CCN1C(=O)OCC1c2ccccc2-c2ccccc21. The van der Waals surface area contributed by atoms with Crippen LogP contribution in [0.2, 0.25) is 0 Å². The molecule has 140 valence electrons. The number of likely N-dealkylation sites (tertiary alicyclic amines) is 1. The summed E-state index contributed by atoms with van der Waals surface area (Å²) in [7, 11) is 0. The average Bonchev–Trinajstić information content (AvgIpc) is 3.18. The number of alkyl halides is 1. The molecule has 4 rings (SSSR count). The number of carboxylic acid groups (broad SMARTS) is 1.